The largest absolute Gasteiger partial charge is 0.480 e. The van der Waals surface area contributed by atoms with E-state index in [1.807, 2.05) is 0 Å². The summed E-state index contributed by atoms with van der Waals surface area (Å²) in [6.07, 6.45) is 0. The Balaban J connectivity index is 2.53. The molecule has 1 N–H and O–H groups in total. The number of carbonyl (C=O) groups is 2. The van der Waals surface area contributed by atoms with Crippen molar-refractivity contribution in [3.8, 4) is 0 Å². The van der Waals surface area contributed by atoms with Gasteiger partial charge in [-0.2, -0.15) is 0 Å². The lowest BCUT2D eigenvalue weighted by Gasteiger charge is -2.05. The fourth-order valence-electron chi connectivity index (χ4n) is 0.991. The SMILES string of the molecule is CC(SCC(=O)c1ccc(Br)cc1)C(=O)O. The van der Waals surface area contributed by atoms with Gasteiger partial charge in [0.1, 0.15) is 0 Å². The van der Waals surface area contributed by atoms with Crippen LogP contribution in [0.4, 0.5) is 0 Å². The number of aliphatic carboxylic acids is 1. The van der Waals surface area contributed by atoms with Gasteiger partial charge in [-0.15, -0.1) is 11.8 Å². The van der Waals surface area contributed by atoms with E-state index < -0.39 is 11.2 Å². The van der Waals surface area contributed by atoms with E-state index in [0.717, 1.165) is 16.2 Å². The third-order valence-corrected chi connectivity index (χ3v) is 3.64. The molecule has 0 saturated carbocycles. The third-order valence-electron chi connectivity index (χ3n) is 1.98. The Kier molecular flexibility index (Phi) is 5.02. The van der Waals surface area contributed by atoms with Gasteiger partial charge in [0.25, 0.3) is 0 Å². The Hall–Kier alpha value is -0.810. The summed E-state index contributed by atoms with van der Waals surface area (Å²) < 4.78 is 0.913. The molecule has 1 aromatic rings. The molecule has 1 aromatic carbocycles. The van der Waals surface area contributed by atoms with Gasteiger partial charge in [0.05, 0.1) is 11.0 Å². The van der Waals surface area contributed by atoms with Crippen molar-refractivity contribution >= 4 is 39.4 Å². The van der Waals surface area contributed by atoms with Crippen molar-refractivity contribution in [2.45, 2.75) is 12.2 Å². The molecule has 1 unspecified atom stereocenters. The van der Waals surface area contributed by atoms with Gasteiger partial charge in [0.15, 0.2) is 5.78 Å². The Morgan fingerprint density at radius 1 is 1.38 bits per heavy atom. The molecular weight excluding hydrogens is 292 g/mol. The second kappa shape index (κ2) is 6.06. The molecule has 0 bridgehead atoms. The zero-order chi connectivity index (χ0) is 12.1. The molecular formula is C11H11BrO3S. The lowest BCUT2D eigenvalue weighted by Crippen LogP contribution is -2.14. The van der Waals surface area contributed by atoms with Gasteiger partial charge in [0, 0.05) is 10.0 Å². The van der Waals surface area contributed by atoms with Crippen LogP contribution >= 0.6 is 27.7 Å². The van der Waals surface area contributed by atoms with Crippen molar-refractivity contribution in [3.05, 3.63) is 34.3 Å². The van der Waals surface area contributed by atoms with Crippen molar-refractivity contribution in [3.63, 3.8) is 0 Å². The molecule has 0 heterocycles. The number of carbonyl (C=O) groups excluding carboxylic acids is 1. The summed E-state index contributed by atoms with van der Waals surface area (Å²) in [5.41, 5.74) is 0.605. The summed E-state index contributed by atoms with van der Waals surface area (Å²) in [6, 6.07) is 7.02. The quantitative estimate of drug-likeness (QED) is 0.850. The van der Waals surface area contributed by atoms with Crippen LogP contribution in [0.3, 0.4) is 0 Å². The van der Waals surface area contributed by atoms with E-state index >= 15 is 0 Å². The Labute approximate surface area is 106 Å². The molecule has 0 spiro atoms. The minimum Gasteiger partial charge on any atom is -0.480 e. The van der Waals surface area contributed by atoms with E-state index in [1.165, 1.54) is 0 Å². The van der Waals surface area contributed by atoms with E-state index in [-0.39, 0.29) is 11.5 Å². The number of Topliss-reactive ketones (excluding diaryl/α,β-unsaturated/α-hetero) is 1. The van der Waals surface area contributed by atoms with Gasteiger partial charge in [0.2, 0.25) is 0 Å². The number of hydrogen-bond donors (Lipinski definition) is 1. The number of carboxylic acids is 1. The molecule has 1 atom stereocenters. The molecule has 0 aromatic heterocycles. The van der Waals surface area contributed by atoms with Crippen LogP contribution in [0.15, 0.2) is 28.7 Å². The predicted octanol–water partition coefficient (Wildman–Crippen LogP) is 2.84. The first-order valence-electron chi connectivity index (χ1n) is 4.64. The molecule has 5 heteroatoms. The maximum Gasteiger partial charge on any atom is 0.316 e. The number of benzene rings is 1. The molecule has 0 aliphatic rings. The van der Waals surface area contributed by atoms with Crippen LogP contribution in [0.25, 0.3) is 0 Å². The first kappa shape index (κ1) is 13.3. The Morgan fingerprint density at radius 2 is 1.94 bits per heavy atom. The highest BCUT2D eigenvalue weighted by Gasteiger charge is 2.14. The van der Waals surface area contributed by atoms with Crippen LogP contribution < -0.4 is 0 Å². The fraction of sp³-hybridized carbons (Fsp3) is 0.273. The zero-order valence-corrected chi connectivity index (χ0v) is 11.0. The summed E-state index contributed by atoms with van der Waals surface area (Å²) in [4.78, 5) is 22.2. The van der Waals surface area contributed by atoms with Crippen molar-refractivity contribution in [2.75, 3.05) is 5.75 Å². The number of rotatable bonds is 5. The molecule has 86 valence electrons. The van der Waals surface area contributed by atoms with Crippen molar-refractivity contribution in [1.82, 2.24) is 0 Å². The van der Waals surface area contributed by atoms with E-state index in [9.17, 15) is 9.59 Å². The maximum absolute atomic E-state index is 11.7. The molecule has 3 nitrogen and oxygen atoms in total. The molecule has 0 amide bonds. The molecule has 0 saturated heterocycles. The van der Waals surface area contributed by atoms with Crippen LogP contribution in [-0.2, 0) is 4.79 Å². The van der Waals surface area contributed by atoms with Crippen molar-refractivity contribution in [2.24, 2.45) is 0 Å². The Morgan fingerprint density at radius 3 is 2.44 bits per heavy atom. The predicted molar refractivity (Wildman–Crippen MR) is 68.0 cm³/mol. The summed E-state index contributed by atoms with van der Waals surface area (Å²) in [5, 5.41) is 8.11. The number of carboxylic acid groups (broad SMARTS) is 1. The zero-order valence-electron chi connectivity index (χ0n) is 8.64. The number of halogens is 1. The third kappa shape index (κ3) is 3.98. The summed E-state index contributed by atoms with van der Waals surface area (Å²) in [6.45, 7) is 1.57. The monoisotopic (exact) mass is 302 g/mol. The average Bonchev–Trinajstić information content (AvgIpc) is 2.26. The fourth-order valence-corrected chi connectivity index (χ4v) is 1.97. The van der Waals surface area contributed by atoms with E-state index in [0.29, 0.717) is 5.56 Å². The summed E-state index contributed by atoms with van der Waals surface area (Å²) >= 11 is 4.41. The lowest BCUT2D eigenvalue weighted by molar-refractivity contribution is -0.136. The molecule has 0 aliphatic carbocycles. The minimum absolute atomic E-state index is 0.0504. The second-order valence-electron chi connectivity index (χ2n) is 3.22. The van der Waals surface area contributed by atoms with Crippen LogP contribution in [0.5, 0.6) is 0 Å². The van der Waals surface area contributed by atoms with E-state index in [4.69, 9.17) is 5.11 Å². The van der Waals surface area contributed by atoms with Gasteiger partial charge >= 0.3 is 5.97 Å². The van der Waals surface area contributed by atoms with Gasteiger partial charge in [-0.3, -0.25) is 9.59 Å². The second-order valence-corrected chi connectivity index (χ2v) is 5.47. The van der Waals surface area contributed by atoms with Crippen LogP contribution in [0, 0.1) is 0 Å². The molecule has 0 fully saturated rings. The van der Waals surface area contributed by atoms with Gasteiger partial charge in [-0.25, -0.2) is 0 Å². The summed E-state index contributed by atoms with van der Waals surface area (Å²) in [7, 11) is 0. The summed E-state index contributed by atoms with van der Waals surface area (Å²) in [5.74, 6) is -0.756. The Bertz CT molecular complexity index is 389. The standard InChI is InChI=1S/C11H11BrO3S/c1-7(11(14)15)16-6-10(13)8-2-4-9(12)5-3-8/h2-5,7H,6H2,1H3,(H,14,15). The number of hydrogen-bond acceptors (Lipinski definition) is 3. The normalized spacial score (nSPS) is 12.1. The van der Waals surface area contributed by atoms with Crippen molar-refractivity contribution in [1.29, 1.82) is 0 Å². The molecule has 1 rings (SSSR count). The maximum atomic E-state index is 11.7. The van der Waals surface area contributed by atoms with Crippen LogP contribution in [-0.4, -0.2) is 27.9 Å². The molecule has 0 aliphatic heterocycles. The van der Waals surface area contributed by atoms with Gasteiger partial charge in [-0.05, 0) is 19.1 Å². The molecule has 16 heavy (non-hydrogen) atoms. The first-order chi connectivity index (χ1) is 7.50. The van der Waals surface area contributed by atoms with Gasteiger partial charge in [-0.1, -0.05) is 28.1 Å². The highest BCUT2D eigenvalue weighted by Crippen LogP contribution is 2.15. The van der Waals surface area contributed by atoms with Crippen LogP contribution in [0.2, 0.25) is 0 Å². The minimum atomic E-state index is -0.895. The van der Waals surface area contributed by atoms with Gasteiger partial charge < -0.3 is 5.11 Å². The highest BCUT2D eigenvalue weighted by atomic mass is 79.9. The van der Waals surface area contributed by atoms with E-state index in [1.54, 1.807) is 31.2 Å². The topological polar surface area (TPSA) is 54.4 Å². The average molecular weight is 303 g/mol. The highest BCUT2D eigenvalue weighted by molar-refractivity contribution is 9.10. The smallest absolute Gasteiger partial charge is 0.316 e. The first-order valence-corrected chi connectivity index (χ1v) is 6.48. The number of ketones is 1. The molecule has 0 radical (unpaired) electrons. The number of thioether (sulfide) groups is 1. The lowest BCUT2D eigenvalue weighted by atomic mass is 10.2. The van der Waals surface area contributed by atoms with E-state index in [2.05, 4.69) is 15.9 Å². The van der Waals surface area contributed by atoms with Crippen molar-refractivity contribution < 1.29 is 14.7 Å². The van der Waals surface area contributed by atoms with Crippen LogP contribution in [0.1, 0.15) is 17.3 Å².